The summed E-state index contributed by atoms with van der Waals surface area (Å²) in [4.78, 5) is 28.1. The Labute approximate surface area is 160 Å². The van der Waals surface area contributed by atoms with E-state index in [2.05, 4.69) is 4.98 Å². The Hall–Kier alpha value is -2.63. The van der Waals surface area contributed by atoms with Gasteiger partial charge in [0.2, 0.25) is 0 Å². The number of ether oxygens (including phenoxy) is 2. The first-order valence-corrected chi connectivity index (χ1v) is 9.21. The van der Waals surface area contributed by atoms with Crippen molar-refractivity contribution in [2.24, 2.45) is 18.9 Å². The average molecular weight is 372 g/mol. The van der Waals surface area contributed by atoms with Crippen LogP contribution in [0.3, 0.4) is 0 Å². The zero-order valence-electron chi connectivity index (χ0n) is 16.5. The molecular formula is C21H28N2O4. The van der Waals surface area contributed by atoms with Gasteiger partial charge in [0.15, 0.2) is 0 Å². The molecule has 0 radical (unpaired) electrons. The molecule has 6 nitrogen and oxygen atoms in total. The summed E-state index contributed by atoms with van der Waals surface area (Å²) in [5.74, 6) is -1.14. The summed E-state index contributed by atoms with van der Waals surface area (Å²) in [5.41, 5.74) is 3.10. The van der Waals surface area contributed by atoms with Crippen LogP contribution < -0.4 is 0 Å². The van der Waals surface area contributed by atoms with Crippen LogP contribution in [0.4, 0.5) is 0 Å². The summed E-state index contributed by atoms with van der Waals surface area (Å²) in [6.07, 6.45) is 4.68. The first kappa shape index (κ1) is 20.7. The molecule has 0 fully saturated rings. The van der Waals surface area contributed by atoms with Gasteiger partial charge >= 0.3 is 11.9 Å². The van der Waals surface area contributed by atoms with E-state index in [0.29, 0.717) is 12.8 Å². The summed E-state index contributed by atoms with van der Waals surface area (Å²) in [6, 6.07) is 7.89. The lowest BCUT2D eigenvalue weighted by atomic mass is 9.87. The van der Waals surface area contributed by atoms with Gasteiger partial charge in [-0.3, -0.25) is 9.59 Å². The molecule has 2 atom stereocenters. The molecule has 2 rings (SSSR count). The highest BCUT2D eigenvalue weighted by Crippen LogP contribution is 2.23. The second-order valence-corrected chi connectivity index (χ2v) is 6.87. The average Bonchev–Trinajstić information content (AvgIpc) is 3.04. The first-order valence-electron chi connectivity index (χ1n) is 9.21. The van der Waals surface area contributed by atoms with Crippen molar-refractivity contribution in [1.82, 2.24) is 9.55 Å². The molecule has 2 unspecified atom stereocenters. The van der Waals surface area contributed by atoms with Crippen molar-refractivity contribution in [3.05, 3.63) is 53.6 Å². The summed E-state index contributed by atoms with van der Waals surface area (Å²) < 4.78 is 12.7. The molecule has 0 aliphatic carbocycles. The summed E-state index contributed by atoms with van der Waals surface area (Å²) in [7, 11) is 1.90. The molecule has 146 valence electrons. The molecule has 0 saturated heterocycles. The molecule has 0 aliphatic heterocycles. The molecule has 0 bridgehead atoms. The number of carbonyl (C=O) groups excluding carboxylic acids is 2. The van der Waals surface area contributed by atoms with Gasteiger partial charge in [-0.15, -0.1) is 0 Å². The maximum absolute atomic E-state index is 12.7. The maximum Gasteiger partial charge on any atom is 0.309 e. The van der Waals surface area contributed by atoms with Crippen LogP contribution in [-0.4, -0.2) is 28.1 Å². The third-order valence-electron chi connectivity index (χ3n) is 4.70. The Kier molecular flexibility index (Phi) is 7.58. The minimum absolute atomic E-state index is 0.167. The number of benzene rings is 1. The number of hydrogen-bond acceptors (Lipinski definition) is 5. The maximum atomic E-state index is 12.7. The zero-order chi connectivity index (χ0) is 19.8. The normalized spacial score (nSPS) is 13.0. The van der Waals surface area contributed by atoms with Crippen LogP contribution in [0.5, 0.6) is 0 Å². The molecule has 0 aliphatic rings. The number of imidazole rings is 1. The van der Waals surface area contributed by atoms with Gasteiger partial charge in [0, 0.05) is 31.8 Å². The SMILES string of the molecule is CCC(C(=O)OCc1ccc(C)cc1)C(COC(C)=O)Cc1cncn1C. The molecule has 0 amide bonds. The number of hydrogen-bond donors (Lipinski definition) is 0. The highest BCUT2D eigenvalue weighted by molar-refractivity contribution is 5.73. The van der Waals surface area contributed by atoms with Crippen molar-refractivity contribution in [3.63, 3.8) is 0 Å². The molecule has 6 heteroatoms. The largest absolute Gasteiger partial charge is 0.466 e. The fourth-order valence-corrected chi connectivity index (χ4v) is 3.03. The van der Waals surface area contributed by atoms with E-state index in [1.165, 1.54) is 6.92 Å². The smallest absolute Gasteiger partial charge is 0.309 e. The van der Waals surface area contributed by atoms with E-state index in [1.807, 2.05) is 49.7 Å². The lowest BCUT2D eigenvalue weighted by Crippen LogP contribution is -2.31. The summed E-state index contributed by atoms with van der Waals surface area (Å²) >= 11 is 0. The van der Waals surface area contributed by atoms with Crippen molar-refractivity contribution in [1.29, 1.82) is 0 Å². The van der Waals surface area contributed by atoms with Gasteiger partial charge in [0.1, 0.15) is 6.61 Å². The number of aromatic nitrogens is 2. The molecule has 0 saturated carbocycles. The molecule has 1 aromatic heterocycles. The molecule has 1 aromatic carbocycles. The Morgan fingerprint density at radius 1 is 1.19 bits per heavy atom. The van der Waals surface area contributed by atoms with Crippen LogP contribution >= 0.6 is 0 Å². The molecule has 27 heavy (non-hydrogen) atoms. The quantitative estimate of drug-likeness (QED) is 0.632. The first-order chi connectivity index (χ1) is 12.9. The van der Waals surface area contributed by atoms with Crippen molar-refractivity contribution in [2.45, 2.75) is 40.2 Å². The van der Waals surface area contributed by atoms with Crippen LogP contribution in [-0.2, 0) is 39.1 Å². The minimum Gasteiger partial charge on any atom is -0.466 e. The van der Waals surface area contributed by atoms with Crippen LogP contribution in [0.25, 0.3) is 0 Å². The number of aryl methyl sites for hydroxylation is 2. The van der Waals surface area contributed by atoms with Crippen LogP contribution in [0.1, 0.15) is 37.1 Å². The van der Waals surface area contributed by atoms with Gasteiger partial charge in [0.25, 0.3) is 0 Å². The van der Waals surface area contributed by atoms with Crippen LogP contribution in [0.2, 0.25) is 0 Å². The van der Waals surface area contributed by atoms with E-state index in [9.17, 15) is 9.59 Å². The highest BCUT2D eigenvalue weighted by Gasteiger charge is 2.30. The van der Waals surface area contributed by atoms with Crippen LogP contribution in [0.15, 0.2) is 36.8 Å². The van der Waals surface area contributed by atoms with Gasteiger partial charge in [-0.05, 0) is 25.3 Å². The second kappa shape index (κ2) is 9.90. The second-order valence-electron chi connectivity index (χ2n) is 6.87. The molecular weight excluding hydrogens is 344 g/mol. The number of esters is 2. The standard InChI is InChI=1S/C21H28N2O4/c1-5-20(21(25)27-12-17-8-6-15(2)7-9-17)18(13-26-16(3)24)10-19-11-22-14-23(19)4/h6-9,11,14,18,20H,5,10,12-13H2,1-4H3. The fourth-order valence-electron chi connectivity index (χ4n) is 3.03. The van der Waals surface area contributed by atoms with E-state index in [1.54, 1.807) is 12.5 Å². The Morgan fingerprint density at radius 3 is 2.44 bits per heavy atom. The predicted octanol–water partition coefficient (Wildman–Crippen LogP) is 3.22. The molecule has 1 heterocycles. The predicted molar refractivity (Wildman–Crippen MR) is 102 cm³/mol. The van der Waals surface area contributed by atoms with E-state index in [0.717, 1.165) is 16.8 Å². The van der Waals surface area contributed by atoms with Crippen molar-refractivity contribution >= 4 is 11.9 Å². The van der Waals surface area contributed by atoms with Gasteiger partial charge in [-0.2, -0.15) is 0 Å². The van der Waals surface area contributed by atoms with Crippen molar-refractivity contribution in [2.75, 3.05) is 6.61 Å². The van der Waals surface area contributed by atoms with Gasteiger partial charge in [-0.1, -0.05) is 36.8 Å². The molecule has 0 N–H and O–H groups in total. The van der Waals surface area contributed by atoms with Crippen molar-refractivity contribution in [3.8, 4) is 0 Å². The molecule has 0 spiro atoms. The lowest BCUT2D eigenvalue weighted by molar-refractivity contribution is -0.155. The zero-order valence-corrected chi connectivity index (χ0v) is 16.5. The van der Waals surface area contributed by atoms with Gasteiger partial charge in [-0.25, -0.2) is 4.98 Å². The number of nitrogens with zero attached hydrogens (tertiary/aromatic N) is 2. The summed E-state index contributed by atoms with van der Waals surface area (Å²) in [6.45, 7) is 5.75. The van der Waals surface area contributed by atoms with E-state index < -0.39 is 0 Å². The highest BCUT2D eigenvalue weighted by atomic mass is 16.5. The Balaban J connectivity index is 2.06. The lowest BCUT2D eigenvalue weighted by Gasteiger charge is -2.24. The monoisotopic (exact) mass is 372 g/mol. The van der Waals surface area contributed by atoms with Gasteiger partial charge < -0.3 is 14.0 Å². The van der Waals surface area contributed by atoms with E-state index >= 15 is 0 Å². The third kappa shape index (κ3) is 6.24. The Morgan fingerprint density at radius 2 is 1.89 bits per heavy atom. The fraction of sp³-hybridized carbons (Fsp3) is 0.476. The summed E-state index contributed by atoms with van der Waals surface area (Å²) in [5, 5.41) is 0. The van der Waals surface area contributed by atoms with Crippen LogP contribution in [0, 0.1) is 18.8 Å². The van der Waals surface area contributed by atoms with E-state index in [-0.39, 0.29) is 37.0 Å². The van der Waals surface area contributed by atoms with Crippen molar-refractivity contribution < 1.29 is 19.1 Å². The Bertz CT molecular complexity index is 752. The topological polar surface area (TPSA) is 70.4 Å². The number of carbonyl (C=O) groups is 2. The third-order valence-corrected chi connectivity index (χ3v) is 4.70. The molecule has 2 aromatic rings. The van der Waals surface area contributed by atoms with E-state index in [4.69, 9.17) is 9.47 Å². The van der Waals surface area contributed by atoms with Gasteiger partial charge in [0.05, 0.1) is 18.9 Å². The minimum atomic E-state index is -0.357. The number of rotatable bonds is 9.